The molecule has 1 atom stereocenters. The molecule has 37 heavy (non-hydrogen) atoms. The molecule has 0 spiro atoms. The highest BCUT2D eigenvalue weighted by molar-refractivity contribution is 6.32. The third-order valence-corrected chi connectivity index (χ3v) is 7.87. The van der Waals surface area contributed by atoms with Gasteiger partial charge in [-0.1, -0.05) is 17.7 Å². The van der Waals surface area contributed by atoms with E-state index in [2.05, 4.69) is 20.9 Å². The van der Waals surface area contributed by atoms with Crippen LogP contribution in [-0.4, -0.2) is 52.7 Å². The van der Waals surface area contributed by atoms with E-state index in [0.717, 1.165) is 38.9 Å². The van der Waals surface area contributed by atoms with Crippen molar-refractivity contribution >= 4 is 28.4 Å². The van der Waals surface area contributed by atoms with Crippen LogP contribution in [0.1, 0.15) is 55.8 Å². The minimum Gasteiger partial charge on any atom is -0.497 e. The molecular weight excluding hydrogens is 495 g/mol. The number of nitrogens with zero attached hydrogens (tertiary/aromatic N) is 3. The van der Waals surface area contributed by atoms with E-state index in [4.69, 9.17) is 16.3 Å². The zero-order valence-electron chi connectivity index (χ0n) is 21.1. The van der Waals surface area contributed by atoms with Crippen LogP contribution in [0.3, 0.4) is 0 Å². The number of aryl methyl sites for hydroxylation is 1. The van der Waals surface area contributed by atoms with E-state index < -0.39 is 17.5 Å². The molecule has 1 aliphatic heterocycles. The number of hydrogen-bond donors (Lipinski definition) is 2. The molecule has 0 aliphatic carbocycles. The number of unbranched alkanes of at least 4 members (excludes halogenated alkanes) is 1. The van der Waals surface area contributed by atoms with Crippen LogP contribution in [0.15, 0.2) is 48.9 Å². The van der Waals surface area contributed by atoms with Crippen LogP contribution >= 0.6 is 11.6 Å². The fourth-order valence-electron chi connectivity index (χ4n) is 5.28. The van der Waals surface area contributed by atoms with Gasteiger partial charge in [0.2, 0.25) is 5.91 Å². The summed E-state index contributed by atoms with van der Waals surface area (Å²) in [7, 11) is 1.55. The van der Waals surface area contributed by atoms with Crippen LogP contribution in [0.5, 0.6) is 5.75 Å². The van der Waals surface area contributed by atoms with E-state index in [0.29, 0.717) is 41.5 Å². The summed E-state index contributed by atoms with van der Waals surface area (Å²) in [5.74, 6) is 0.150. The Morgan fingerprint density at radius 1 is 1.27 bits per heavy atom. The smallest absolute Gasteiger partial charge is 0.249 e. The number of pyridine rings is 2. The van der Waals surface area contributed by atoms with E-state index in [1.807, 2.05) is 17.7 Å². The van der Waals surface area contributed by atoms with Crippen molar-refractivity contribution in [3.63, 3.8) is 0 Å². The lowest BCUT2D eigenvalue weighted by Crippen LogP contribution is -2.48. The van der Waals surface area contributed by atoms with Gasteiger partial charge >= 0.3 is 0 Å². The maximum Gasteiger partial charge on any atom is 0.249 e. The second-order valence-corrected chi connectivity index (χ2v) is 10.2. The molecular formula is C28H34ClFN4O3. The standard InChI is InChI=1S/C28H34ClFN4O3/c1-37-21-7-8-25-22(17-21)26(23(29)19-32-25)24(30)9-10-28(27(35)33-36)11-15-34(16-12-28)14-3-2-5-20-6-4-13-31-18-20/h4,6-8,13,17-19,24,36H,2-3,5,9-12,14-16H2,1H3,(H,33,35)/t24-/m1/s1. The lowest BCUT2D eigenvalue weighted by atomic mass is 9.73. The number of benzene rings is 1. The Kier molecular flexibility index (Phi) is 9.29. The summed E-state index contributed by atoms with van der Waals surface area (Å²) < 4.78 is 21.0. The highest BCUT2D eigenvalue weighted by Gasteiger charge is 2.41. The van der Waals surface area contributed by atoms with Crippen molar-refractivity contribution in [2.45, 2.75) is 51.1 Å². The van der Waals surface area contributed by atoms with Crippen molar-refractivity contribution in [1.29, 1.82) is 0 Å². The maximum absolute atomic E-state index is 15.7. The molecule has 2 aromatic heterocycles. The van der Waals surface area contributed by atoms with Gasteiger partial charge in [0.25, 0.3) is 0 Å². The Morgan fingerprint density at radius 3 is 2.78 bits per heavy atom. The number of carbonyl (C=O) groups excluding carboxylic acids is 1. The average molecular weight is 529 g/mol. The highest BCUT2D eigenvalue weighted by atomic mass is 35.5. The summed E-state index contributed by atoms with van der Waals surface area (Å²) >= 11 is 6.39. The first-order valence-corrected chi connectivity index (χ1v) is 13.2. The number of ether oxygens (including phenoxy) is 1. The van der Waals surface area contributed by atoms with Crippen LogP contribution in [0.4, 0.5) is 4.39 Å². The van der Waals surface area contributed by atoms with Gasteiger partial charge in [0.05, 0.1) is 23.1 Å². The summed E-state index contributed by atoms with van der Waals surface area (Å²) in [6, 6.07) is 9.32. The summed E-state index contributed by atoms with van der Waals surface area (Å²) in [6.07, 6.45) is 8.41. The highest BCUT2D eigenvalue weighted by Crippen LogP contribution is 2.42. The summed E-state index contributed by atoms with van der Waals surface area (Å²) in [5, 5.41) is 10.3. The fraction of sp³-hybridized carbons (Fsp3) is 0.464. The molecule has 0 saturated carbocycles. The molecule has 4 rings (SSSR count). The molecule has 2 N–H and O–H groups in total. The SMILES string of the molecule is COc1ccc2ncc(Cl)c([C@H](F)CCC3(C(=O)NO)CCN(CCCCc4cccnc4)CC3)c2c1. The Labute approximate surface area is 222 Å². The van der Waals surface area contributed by atoms with Gasteiger partial charge in [0.15, 0.2) is 0 Å². The zero-order chi connectivity index (χ0) is 26.3. The molecule has 9 heteroatoms. The van der Waals surface area contributed by atoms with Crippen molar-refractivity contribution in [3.8, 4) is 5.75 Å². The van der Waals surface area contributed by atoms with Gasteiger partial charge in [-0.25, -0.2) is 9.87 Å². The minimum absolute atomic E-state index is 0.106. The Morgan fingerprint density at radius 2 is 2.08 bits per heavy atom. The number of fused-ring (bicyclic) bond motifs is 1. The number of hydrogen-bond acceptors (Lipinski definition) is 6. The molecule has 198 valence electrons. The quantitative estimate of drug-likeness (QED) is 0.189. The van der Waals surface area contributed by atoms with Gasteiger partial charge in [-0.3, -0.25) is 20.0 Å². The lowest BCUT2D eigenvalue weighted by molar-refractivity contribution is -0.143. The third-order valence-electron chi connectivity index (χ3n) is 7.57. The van der Waals surface area contributed by atoms with E-state index >= 15 is 4.39 Å². The monoisotopic (exact) mass is 528 g/mol. The number of nitrogens with one attached hydrogen (secondary N) is 1. The number of rotatable bonds is 11. The molecule has 1 aromatic carbocycles. The first kappa shape index (κ1) is 27.2. The number of likely N-dealkylation sites (tertiary alicyclic amines) is 1. The largest absolute Gasteiger partial charge is 0.497 e. The number of methoxy groups -OCH3 is 1. The van der Waals surface area contributed by atoms with Gasteiger partial charge in [-0.2, -0.15) is 0 Å². The Bertz CT molecular complexity index is 1190. The second-order valence-electron chi connectivity index (χ2n) is 9.79. The van der Waals surface area contributed by atoms with Crippen LogP contribution in [-0.2, 0) is 11.2 Å². The van der Waals surface area contributed by atoms with Crippen molar-refractivity contribution < 1.29 is 19.1 Å². The van der Waals surface area contributed by atoms with E-state index in [1.54, 1.807) is 31.5 Å². The second kappa shape index (κ2) is 12.6. The summed E-state index contributed by atoms with van der Waals surface area (Å²) in [4.78, 5) is 23.6. The van der Waals surface area contributed by atoms with Gasteiger partial charge in [0.1, 0.15) is 11.9 Å². The first-order valence-electron chi connectivity index (χ1n) is 12.8. The minimum atomic E-state index is -1.39. The van der Waals surface area contributed by atoms with Crippen molar-refractivity contribution in [2.75, 3.05) is 26.7 Å². The van der Waals surface area contributed by atoms with E-state index in [1.165, 1.54) is 11.8 Å². The number of halogens is 2. The number of carbonyl (C=O) groups is 1. The molecule has 3 heterocycles. The Balaban J connectivity index is 1.36. The van der Waals surface area contributed by atoms with E-state index in [9.17, 15) is 10.0 Å². The number of piperidine rings is 1. The number of aromatic nitrogens is 2. The van der Waals surface area contributed by atoms with Crippen molar-refractivity contribution in [1.82, 2.24) is 20.3 Å². The molecule has 7 nitrogen and oxygen atoms in total. The van der Waals surface area contributed by atoms with Crippen LogP contribution in [0.2, 0.25) is 5.02 Å². The predicted octanol–water partition coefficient (Wildman–Crippen LogP) is 5.69. The zero-order valence-corrected chi connectivity index (χ0v) is 21.9. The molecule has 0 bridgehead atoms. The molecule has 1 fully saturated rings. The normalized spacial score (nSPS) is 16.4. The molecule has 1 aliphatic rings. The Hall–Kier alpha value is -2.81. The maximum atomic E-state index is 15.7. The lowest BCUT2D eigenvalue weighted by Gasteiger charge is -2.40. The van der Waals surface area contributed by atoms with Gasteiger partial charge in [-0.05, 0) is 94.4 Å². The van der Waals surface area contributed by atoms with Crippen LogP contribution in [0, 0.1) is 5.41 Å². The first-order chi connectivity index (χ1) is 18.0. The van der Waals surface area contributed by atoms with Gasteiger partial charge in [-0.15, -0.1) is 0 Å². The van der Waals surface area contributed by atoms with Crippen LogP contribution < -0.4 is 10.2 Å². The molecule has 3 aromatic rings. The predicted molar refractivity (Wildman–Crippen MR) is 142 cm³/mol. The molecule has 1 amide bonds. The number of hydroxylamine groups is 1. The van der Waals surface area contributed by atoms with E-state index in [-0.39, 0.29) is 11.4 Å². The van der Waals surface area contributed by atoms with Crippen molar-refractivity contribution in [2.24, 2.45) is 5.41 Å². The number of alkyl halides is 1. The van der Waals surface area contributed by atoms with Gasteiger partial charge in [0, 0.05) is 29.5 Å². The topological polar surface area (TPSA) is 87.6 Å². The summed E-state index contributed by atoms with van der Waals surface area (Å²) in [6.45, 7) is 2.41. The molecule has 1 saturated heterocycles. The number of amides is 1. The third kappa shape index (κ3) is 6.55. The molecule has 0 radical (unpaired) electrons. The fourth-order valence-corrected chi connectivity index (χ4v) is 5.55. The van der Waals surface area contributed by atoms with Crippen LogP contribution in [0.25, 0.3) is 10.9 Å². The van der Waals surface area contributed by atoms with Crippen molar-refractivity contribution in [3.05, 3.63) is 65.1 Å². The van der Waals surface area contributed by atoms with Gasteiger partial charge < -0.3 is 9.64 Å². The average Bonchev–Trinajstić information content (AvgIpc) is 2.94. The summed E-state index contributed by atoms with van der Waals surface area (Å²) in [5.41, 5.74) is 3.24. The molecule has 0 unspecified atom stereocenters.